The quantitative estimate of drug-likeness (QED) is 0.0509. The normalized spacial score (nSPS) is 14.7. The number of halogens is 2. The van der Waals surface area contributed by atoms with Crippen molar-refractivity contribution in [1.82, 2.24) is 5.32 Å². The lowest BCUT2D eigenvalue weighted by Gasteiger charge is -2.20. The van der Waals surface area contributed by atoms with E-state index < -0.39 is 17.9 Å². The number of benzene rings is 4. The molecule has 4 N–H and O–H groups in total. The number of carbonyl (C=O) groups is 2. The molecule has 0 aromatic heterocycles. The van der Waals surface area contributed by atoms with Gasteiger partial charge >= 0.3 is 5.97 Å². The van der Waals surface area contributed by atoms with Gasteiger partial charge in [-0.25, -0.2) is 0 Å². The second kappa shape index (κ2) is 21.5. The van der Waals surface area contributed by atoms with Crippen molar-refractivity contribution in [3.8, 4) is 34.1 Å². The number of carboxylic acid groups (broad SMARTS) is 1. The third-order valence-electron chi connectivity index (χ3n) is 11.6. The Hall–Kier alpha value is -4.32. The van der Waals surface area contributed by atoms with Crippen LogP contribution in [0.5, 0.6) is 23.0 Å². The van der Waals surface area contributed by atoms with Gasteiger partial charge in [-0.2, -0.15) is 0 Å². The fraction of sp³-hybridized carbons (Fsp3) is 0.458. The van der Waals surface area contributed by atoms with Crippen LogP contribution in [-0.2, 0) is 35.8 Å². The molecule has 10 nitrogen and oxygen atoms in total. The summed E-state index contributed by atoms with van der Waals surface area (Å²) in [4.78, 5) is 23.8. The largest absolute Gasteiger partial charge is 0.493 e. The molecule has 0 bridgehead atoms. The van der Waals surface area contributed by atoms with Gasteiger partial charge < -0.3 is 39.6 Å². The van der Waals surface area contributed by atoms with Crippen LogP contribution in [0.2, 0.25) is 10.0 Å². The van der Waals surface area contributed by atoms with E-state index in [-0.39, 0.29) is 38.6 Å². The Kier molecular flexibility index (Phi) is 16.2. The summed E-state index contributed by atoms with van der Waals surface area (Å²) < 4.78 is 25.2. The van der Waals surface area contributed by atoms with E-state index in [1.54, 1.807) is 0 Å². The molecule has 6 rings (SSSR count). The lowest BCUT2D eigenvalue weighted by molar-refractivity contribution is -0.142. The molecule has 4 aromatic carbocycles. The standard InChI is InChI=1S/C48H57Cl2NO9/c1-29-36(27-59-46-22-44(57-25-32-10-11-32)35(20-41(46)49)15-14-34(16-18-52)48(55)56)6-4-8-39(29)40-9-5-7-37(30(40)2)28-60-47-23-45(58-26-33-12-13-33)38(21-42(47)50)24-51-43(17-19-53)31(3)54/h4-9,20-23,32-34,43,51-53H,10-19,24-28H2,1-3H3,(H,55,56). The number of rotatable bonds is 25. The average Bonchev–Trinajstić information content (AvgIpc) is 4.17. The third kappa shape index (κ3) is 12.4. The summed E-state index contributed by atoms with van der Waals surface area (Å²) in [6.07, 6.45) is 5.87. The Labute approximate surface area is 363 Å². The number of aryl methyl sites for hydroxylation is 1. The number of hydrogen-bond donors (Lipinski definition) is 4. The van der Waals surface area contributed by atoms with Gasteiger partial charge in [0.25, 0.3) is 0 Å². The van der Waals surface area contributed by atoms with Gasteiger partial charge in [-0.05, 0) is 135 Å². The van der Waals surface area contributed by atoms with Gasteiger partial charge in [-0.15, -0.1) is 0 Å². The summed E-state index contributed by atoms with van der Waals surface area (Å²) in [6.45, 7) is 7.49. The fourth-order valence-electron chi connectivity index (χ4n) is 7.22. The molecule has 2 fully saturated rings. The SMILES string of the molecule is CC(=O)C(CCO)NCc1cc(Cl)c(OCc2cccc(-c3cccc(COc4cc(OCC5CC5)c(CCC(CCO)C(=O)O)cc4Cl)c3C)c2C)cc1OCC1CC1. The molecule has 2 atom stereocenters. The lowest BCUT2D eigenvalue weighted by atomic mass is 9.92. The first-order valence-corrected chi connectivity index (χ1v) is 21.7. The number of aliphatic hydroxyl groups is 2. The van der Waals surface area contributed by atoms with Crippen molar-refractivity contribution in [3.63, 3.8) is 0 Å². The molecule has 0 saturated heterocycles. The molecule has 12 heteroatoms. The number of aliphatic hydroxyl groups excluding tert-OH is 2. The van der Waals surface area contributed by atoms with Gasteiger partial charge in [0, 0.05) is 37.5 Å². The van der Waals surface area contributed by atoms with Crippen LogP contribution in [-0.4, -0.2) is 59.5 Å². The van der Waals surface area contributed by atoms with Gasteiger partial charge in [-0.3, -0.25) is 9.59 Å². The summed E-state index contributed by atoms with van der Waals surface area (Å²) >= 11 is 13.6. The summed E-state index contributed by atoms with van der Waals surface area (Å²) in [6, 6.07) is 19.1. The number of Topliss-reactive ketones (excluding diaryl/α,β-unsaturated/α-hetero) is 1. The van der Waals surface area contributed by atoms with Crippen molar-refractivity contribution in [2.45, 2.75) is 97.9 Å². The molecule has 0 spiro atoms. The maximum atomic E-state index is 12.1. The van der Waals surface area contributed by atoms with E-state index >= 15 is 0 Å². The van der Waals surface area contributed by atoms with Crippen LogP contribution in [0.1, 0.15) is 85.3 Å². The second-order valence-electron chi connectivity index (χ2n) is 16.2. The molecule has 2 aliphatic carbocycles. The minimum Gasteiger partial charge on any atom is -0.493 e. The molecule has 0 radical (unpaired) electrons. The van der Waals surface area contributed by atoms with Crippen LogP contribution in [0.4, 0.5) is 0 Å². The highest BCUT2D eigenvalue weighted by molar-refractivity contribution is 6.32. The van der Waals surface area contributed by atoms with E-state index in [9.17, 15) is 24.9 Å². The zero-order valence-corrected chi connectivity index (χ0v) is 36.2. The molecule has 60 heavy (non-hydrogen) atoms. The smallest absolute Gasteiger partial charge is 0.306 e. The highest BCUT2D eigenvalue weighted by Crippen LogP contribution is 2.39. The van der Waals surface area contributed by atoms with Crippen molar-refractivity contribution in [2.75, 3.05) is 26.4 Å². The van der Waals surface area contributed by atoms with Crippen molar-refractivity contribution in [3.05, 3.63) is 104 Å². The first kappa shape index (κ1) is 45.2. The van der Waals surface area contributed by atoms with E-state index in [1.807, 2.05) is 48.5 Å². The Morgan fingerprint density at radius 1 is 0.683 bits per heavy atom. The Morgan fingerprint density at radius 3 is 1.65 bits per heavy atom. The summed E-state index contributed by atoms with van der Waals surface area (Å²) in [7, 11) is 0. The predicted octanol–water partition coefficient (Wildman–Crippen LogP) is 9.46. The second-order valence-corrected chi connectivity index (χ2v) is 17.0. The minimum atomic E-state index is -0.926. The van der Waals surface area contributed by atoms with Crippen LogP contribution >= 0.6 is 23.2 Å². The number of carbonyl (C=O) groups excluding carboxylic acids is 1. The van der Waals surface area contributed by atoms with Crippen molar-refractivity contribution < 1.29 is 43.9 Å². The molecule has 0 heterocycles. The van der Waals surface area contributed by atoms with E-state index in [4.69, 9.17) is 42.1 Å². The molecular formula is C48H57Cl2NO9. The molecule has 0 aliphatic heterocycles. The Balaban J connectivity index is 1.16. The lowest BCUT2D eigenvalue weighted by Crippen LogP contribution is -2.35. The molecule has 2 aliphatic rings. The van der Waals surface area contributed by atoms with Crippen LogP contribution < -0.4 is 24.3 Å². The number of ketones is 1. The Bertz CT molecular complexity index is 1970. The number of carboxylic acids is 1. The van der Waals surface area contributed by atoms with E-state index in [0.717, 1.165) is 70.2 Å². The monoisotopic (exact) mass is 861 g/mol. The molecule has 0 amide bonds. The van der Waals surface area contributed by atoms with Crippen LogP contribution in [0.15, 0.2) is 60.7 Å². The van der Waals surface area contributed by atoms with Gasteiger partial charge in [0.05, 0.1) is 35.2 Å². The molecular weight excluding hydrogens is 805 g/mol. The maximum Gasteiger partial charge on any atom is 0.306 e. The molecule has 322 valence electrons. The van der Waals surface area contributed by atoms with Crippen molar-refractivity contribution in [1.29, 1.82) is 0 Å². The van der Waals surface area contributed by atoms with E-state index in [2.05, 4.69) is 31.3 Å². The Morgan fingerprint density at radius 2 is 1.18 bits per heavy atom. The zero-order chi connectivity index (χ0) is 42.8. The van der Waals surface area contributed by atoms with Crippen molar-refractivity contribution >= 4 is 35.0 Å². The summed E-state index contributed by atoms with van der Waals surface area (Å²) in [5.74, 6) is 1.72. The maximum absolute atomic E-state index is 12.1. The molecule has 2 unspecified atom stereocenters. The number of nitrogens with one attached hydrogen (secondary N) is 1. The van der Waals surface area contributed by atoms with E-state index in [0.29, 0.717) is 83.9 Å². The average molecular weight is 863 g/mol. The zero-order valence-electron chi connectivity index (χ0n) is 34.7. The van der Waals surface area contributed by atoms with Gasteiger partial charge in [0.15, 0.2) is 0 Å². The van der Waals surface area contributed by atoms with E-state index in [1.165, 1.54) is 6.92 Å². The number of ether oxygens (including phenoxy) is 4. The van der Waals surface area contributed by atoms with Crippen LogP contribution in [0.3, 0.4) is 0 Å². The van der Waals surface area contributed by atoms with Gasteiger partial charge in [-0.1, -0.05) is 59.6 Å². The summed E-state index contributed by atoms with van der Waals surface area (Å²) in [5, 5.41) is 32.5. The predicted molar refractivity (Wildman–Crippen MR) is 234 cm³/mol. The number of aliphatic carboxylic acids is 1. The molecule has 4 aromatic rings. The topological polar surface area (TPSA) is 144 Å². The highest BCUT2D eigenvalue weighted by Gasteiger charge is 2.25. The third-order valence-corrected chi connectivity index (χ3v) is 12.1. The van der Waals surface area contributed by atoms with Gasteiger partial charge in [0.1, 0.15) is 42.0 Å². The van der Waals surface area contributed by atoms with Crippen molar-refractivity contribution in [2.24, 2.45) is 17.8 Å². The highest BCUT2D eigenvalue weighted by atomic mass is 35.5. The van der Waals surface area contributed by atoms with Crippen LogP contribution in [0, 0.1) is 31.6 Å². The first-order chi connectivity index (χ1) is 28.9. The van der Waals surface area contributed by atoms with Gasteiger partial charge in [0.2, 0.25) is 0 Å². The molecule has 2 saturated carbocycles. The number of hydrogen-bond acceptors (Lipinski definition) is 9. The fourth-order valence-corrected chi connectivity index (χ4v) is 7.70. The summed E-state index contributed by atoms with van der Waals surface area (Å²) in [5.41, 5.74) is 7.90. The van der Waals surface area contributed by atoms with Crippen LogP contribution in [0.25, 0.3) is 11.1 Å². The first-order valence-electron chi connectivity index (χ1n) is 21.0. The minimum absolute atomic E-state index is 0.0408.